The van der Waals surface area contributed by atoms with E-state index in [-0.39, 0.29) is 12.0 Å². The summed E-state index contributed by atoms with van der Waals surface area (Å²) in [6.07, 6.45) is 1.93. The van der Waals surface area contributed by atoms with Crippen molar-refractivity contribution in [2.45, 2.75) is 32.7 Å². The highest BCUT2D eigenvalue weighted by atomic mass is 32.2. The van der Waals surface area contributed by atoms with Crippen LogP contribution in [0.25, 0.3) is 0 Å². The van der Waals surface area contributed by atoms with Crippen LogP contribution >= 0.6 is 0 Å². The molecular weight excluding hydrogens is 226 g/mol. The van der Waals surface area contributed by atoms with Crippen molar-refractivity contribution in [1.82, 2.24) is 8.61 Å². The lowest BCUT2D eigenvalue weighted by Crippen LogP contribution is -2.49. The van der Waals surface area contributed by atoms with Gasteiger partial charge in [0, 0.05) is 32.7 Å². The van der Waals surface area contributed by atoms with Gasteiger partial charge in [0.2, 0.25) is 0 Å². The van der Waals surface area contributed by atoms with E-state index in [2.05, 4.69) is 0 Å². The summed E-state index contributed by atoms with van der Waals surface area (Å²) in [7, 11) is -1.65. The molecule has 0 spiro atoms. The second-order valence-corrected chi connectivity index (χ2v) is 6.58. The smallest absolute Gasteiger partial charge is 0.281 e. The van der Waals surface area contributed by atoms with Crippen molar-refractivity contribution >= 4 is 10.2 Å². The molecule has 5 nitrogen and oxygen atoms in total. The Bertz CT molecular complexity index is 316. The first kappa shape index (κ1) is 13.9. The summed E-state index contributed by atoms with van der Waals surface area (Å²) in [5.74, 6) is 0.286. The first-order chi connectivity index (χ1) is 7.39. The summed E-state index contributed by atoms with van der Waals surface area (Å²) in [6, 6.07) is 0.0601. The second kappa shape index (κ2) is 5.44. The van der Waals surface area contributed by atoms with E-state index in [1.807, 2.05) is 13.8 Å². The molecule has 16 heavy (non-hydrogen) atoms. The molecule has 0 aromatic carbocycles. The predicted molar refractivity (Wildman–Crippen MR) is 65.2 cm³/mol. The Labute approximate surface area is 98.8 Å². The minimum absolute atomic E-state index is 0.0601. The average molecular weight is 249 g/mol. The van der Waals surface area contributed by atoms with Crippen LogP contribution in [-0.4, -0.2) is 49.8 Å². The summed E-state index contributed by atoms with van der Waals surface area (Å²) in [4.78, 5) is 0. The van der Waals surface area contributed by atoms with Crippen molar-refractivity contribution in [2.75, 3.05) is 26.7 Å². The molecule has 0 aromatic heterocycles. The maximum atomic E-state index is 12.1. The Morgan fingerprint density at radius 3 is 2.69 bits per heavy atom. The monoisotopic (exact) mass is 249 g/mol. The molecule has 0 saturated carbocycles. The van der Waals surface area contributed by atoms with Gasteiger partial charge >= 0.3 is 0 Å². The van der Waals surface area contributed by atoms with Crippen LogP contribution < -0.4 is 5.73 Å². The van der Waals surface area contributed by atoms with Crippen molar-refractivity contribution in [3.05, 3.63) is 0 Å². The molecule has 2 N–H and O–H groups in total. The van der Waals surface area contributed by atoms with Crippen LogP contribution in [0.2, 0.25) is 0 Å². The molecule has 0 aliphatic carbocycles. The molecule has 1 fully saturated rings. The van der Waals surface area contributed by atoms with Crippen LogP contribution in [0.15, 0.2) is 0 Å². The Hall–Kier alpha value is -0.170. The summed E-state index contributed by atoms with van der Waals surface area (Å²) < 4.78 is 27.1. The topological polar surface area (TPSA) is 66.6 Å². The van der Waals surface area contributed by atoms with Crippen molar-refractivity contribution in [3.8, 4) is 0 Å². The van der Waals surface area contributed by atoms with Gasteiger partial charge in [-0.3, -0.25) is 0 Å². The van der Waals surface area contributed by atoms with E-state index in [0.29, 0.717) is 19.6 Å². The van der Waals surface area contributed by atoms with E-state index < -0.39 is 10.2 Å². The molecule has 1 rings (SSSR count). The molecule has 0 aromatic rings. The molecule has 0 radical (unpaired) electrons. The van der Waals surface area contributed by atoms with E-state index in [0.717, 1.165) is 12.8 Å². The van der Waals surface area contributed by atoms with Gasteiger partial charge in [0.1, 0.15) is 0 Å². The largest absolute Gasteiger partial charge is 0.328 e. The van der Waals surface area contributed by atoms with Gasteiger partial charge < -0.3 is 5.73 Å². The normalized spacial score (nSPS) is 25.9. The highest BCUT2D eigenvalue weighted by molar-refractivity contribution is 7.86. The Morgan fingerprint density at radius 1 is 1.56 bits per heavy atom. The van der Waals surface area contributed by atoms with Crippen LogP contribution in [0.5, 0.6) is 0 Å². The first-order valence-electron chi connectivity index (χ1n) is 5.86. The quantitative estimate of drug-likeness (QED) is 0.776. The van der Waals surface area contributed by atoms with Gasteiger partial charge in [0.25, 0.3) is 10.2 Å². The van der Waals surface area contributed by atoms with Gasteiger partial charge in [0.05, 0.1) is 0 Å². The minimum atomic E-state index is -3.27. The lowest BCUT2D eigenvalue weighted by molar-refractivity contribution is 0.232. The van der Waals surface area contributed by atoms with E-state index in [1.165, 1.54) is 4.31 Å². The molecule has 96 valence electrons. The highest BCUT2D eigenvalue weighted by Crippen LogP contribution is 2.22. The zero-order valence-electron chi connectivity index (χ0n) is 10.4. The summed E-state index contributed by atoms with van der Waals surface area (Å²) in [5, 5.41) is 0. The number of nitrogens with two attached hydrogens (primary N) is 1. The molecule has 1 aliphatic rings. The Kier molecular flexibility index (Phi) is 4.73. The van der Waals surface area contributed by atoms with E-state index in [9.17, 15) is 8.42 Å². The van der Waals surface area contributed by atoms with Gasteiger partial charge in [-0.05, 0) is 25.7 Å². The van der Waals surface area contributed by atoms with Gasteiger partial charge in [-0.2, -0.15) is 17.0 Å². The van der Waals surface area contributed by atoms with Gasteiger partial charge in [0.15, 0.2) is 0 Å². The third-order valence-corrected chi connectivity index (χ3v) is 5.36. The maximum absolute atomic E-state index is 12.1. The van der Waals surface area contributed by atoms with Crippen molar-refractivity contribution in [1.29, 1.82) is 0 Å². The molecular formula is C10H23N3O2S. The fourth-order valence-electron chi connectivity index (χ4n) is 1.97. The van der Waals surface area contributed by atoms with Crippen molar-refractivity contribution in [3.63, 3.8) is 0 Å². The third kappa shape index (κ3) is 2.94. The number of hydrogen-bond acceptors (Lipinski definition) is 3. The van der Waals surface area contributed by atoms with E-state index in [4.69, 9.17) is 5.73 Å². The van der Waals surface area contributed by atoms with Crippen LogP contribution in [0, 0.1) is 5.92 Å². The molecule has 0 bridgehead atoms. The molecule has 2 atom stereocenters. The SMILES string of the molecule is CCN(C)S(=O)(=O)N1CCCC(C(C)N)C1. The lowest BCUT2D eigenvalue weighted by atomic mass is 9.93. The summed E-state index contributed by atoms with van der Waals surface area (Å²) in [6.45, 7) is 5.47. The van der Waals surface area contributed by atoms with Crippen molar-refractivity contribution in [2.24, 2.45) is 11.7 Å². The average Bonchev–Trinajstić information content (AvgIpc) is 2.28. The molecule has 1 saturated heterocycles. The molecule has 1 aliphatic heterocycles. The second-order valence-electron chi connectivity index (χ2n) is 4.54. The zero-order chi connectivity index (χ0) is 12.3. The van der Waals surface area contributed by atoms with Gasteiger partial charge in [-0.15, -0.1) is 0 Å². The highest BCUT2D eigenvalue weighted by Gasteiger charge is 2.32. The fourth-order valence-corrected chi connectivity index (χ4v) is 3.43. The van der Waals surface area contributed by atoms with Gasteiger partial charge in [-0.25, -0.2) is 0 Å². The first-order valence-corrected chi connectivity index (χ1v) is 7.26. The summed E-state index contributed by atoms with van der Waals surface area (Å²) in [5.41, 5.74) is 5.85. The number of rotatable bonds is 4. The standard InChI is InChI=1S/C10H23N3O2S/c1-4-12(3)16(14,15)13-7-5-6-10(8-13)9(2)11/h9-10H,4-8,11H2,1-3H3. The molecule has 6 heteroatoms. The number of piperidine rings is 1. The lowest BCUT2D eigenvalue weighted by Gasteiger charge is -2.35. The zero-order valence-corrected chi connectivity index (χ0v) is 11.2. The van der Waals surface area contributed by atoms with Crippen LogP contribution in [0.1, 0.15) is 26.7 Å². The van der Waals surface area contributed by atoms with Crippen molar-refractivity contribution < 1.29 is 8.42 Å². The predicted octanol–water partition coefficient (Wildman–Crippen LogP) is 0.242. The van der Waals surface area contributed by atoms with Crippen LogP contribution in [-0.2, 0) is 10.2 Å². The molecule has 1 heterocycles. The van der Waals surface area contributed by atoms with Crippen LogP contribution in [0.3, 0.4) is 0 Å². The number of nitrogens with zero attached hydrogens (tertiary/aromatic N) is 2. The van der Waals surface area contributed by atoms with E-state index in [1.54, 1.807) is 11.4 Å². The number of hydrogen-bond donors (Lipinski definition) is 1. The minimum Gasteiger partial charge on any atom is -0.328 e. The Morgan fingerprint density at radius 2 is 2.19 bits per heavy atom. The van der Waals surface area contributed by atoms with E-state index >= 15 is 0 Å². The maximum Gasteiger partial charge on any atom is 0.281 e. The fraction of sp³-hybridized carbons (Fsp3) is 1.00. The third-order valence-electron chi connectivity index (χ3n) is 3.33. The Balaban J connectivity index is 2.74. The molecule has 2 unspecified atom stereocenters. The van der Waals surface area contributed by atoms with Gasteiger partial charge in [-0.1, -0.05) is 6.92 Å². The molecule has 0 amide bonds. The van der Waals surface area contributed by atoms with Crippen LogP contribution in [0.4, 0.5) is 0 Å². The summed E-state index contributed by atoms with van der Waals surface area (Å²) >= 11 is 0.